The van der Waals surface area contributed by atoms with E-state index in [1.807, 2.05) is 38.1 Å². The molecule has 0 aliphatic heterocycles. The van der Waals surface area contributed by atoms with Crippen molar-refractivity contribution in [2.45, 2.75) is 26.0 Å². The summed E-state index contributed by atoms with van der Waals surface area (Å²) in [6.07, 6.45) is 0. The summed E-state index contributed by atoms with van der Waals surface area (Å²) in [5, 5.41) is 14.8. The molecule has 0 unspecified atom stereocenters. The van der Waals surface area contributed by atoms with Crippen molar-refractivity contribution in [2.75, 3.05) is 12.4 Å². The molecule has 0 fully saturated rings. The lowest BCUT2D eigenvalue weighted by molar-refractivity contribution is 0.241. The second-order valence-electron chi connectivity index (χ2n) is 5.76. The lowest BCUT2D eigenvalue weighted by Crippen LogP contribution is -2.43. The van der Waals surface area contributed by atoms with Gasteiger partial charge in [-0.2, -0.15) is 0 Å². The van der Waals surface area contributed by atoms with E-state index in [0.29, 0.717) is 5.69 Å². The van der Waals surface area contributed by atoms with Gasteiger partial charge in [0.2, 0.25) is 0 Å². The predicted molar refractivity (Wildman–Crippen MR) is 90.5 cm³/mol. The first-order valence-corrected chi connectivity index (χ1v) is 7.38. The van der Waals surface area contributed by atoms with Gasteiger partial charge in [-0.05, 0) is 37.6 Å². The van der Waals surface area contributed by atoms with E-state index < -0.39 is 5.54 Å². The SMILES string of the molecule is COc1ccccc1C(C)(C)NC(=O)Nc1ccc(CO)cc1. The number of hydrogen-bond donors (Lipinski definition) is 3. The number of aliphatic hydroxyl groups is 1. The molecule has 3 N–H and O–H groups in total. The highest BCUT2D eigenvalue weighted by atomic mass is 16.5. The van der Waals surface area contributed by atoms with Crippen LogP contribution in [-0.4, -0.2) is 18.2 Å². The average molecular weight is 314 g/mol. The fraction of sp³-hybridized carbons (Fsp3) is 0.278. The maximum atomic E-state index is 12.2. The van der Waals surface area contributed by atoms with E-state index >= 15 is 0 Å². The van der Waals surface area contributed by atoms with Crippen LogP contribution in [0.4, 0.5) is 10.5 Å². The number of hydrogen-bond acceptors (Lipinski definition) is 3. The summed E-state index contributed by atoms with van der Waals surface area (Å²) in [4.78, 5) is 12.2. The van der Waals surface area contributed by atoms with Crippen molar-refractivity contribution < 1.29 is 14.6 Å². The van der Waals surface area contributed by atoms with Crippen LogP contribution in [0.5, 0.6) is 5.75 Å². The van der Waals surface area contributed by atoms with Crippen LogP contribution in [0.25, 0.3) is 0 Å². The monoisotopic (exact) mass is 314 g/mol. The van der Waals surface area contributed by atoms with E-state index in [1.165, 1.54) is 0 Å². The van der Waals surface area contributed by atoms with Crippen molar-refractivity contribution in [3.8, 4) is 5.75 Å². The normalized spacial score (nSPS) is 11.0. The summed E-state index contributed by atoms with van der Waals surface area (Å²) in [7, 11) is 1.61. The topological polar surface area (TPSA) is 70.6 Å². The van der Waals surface area contributed by atoms with Gasteiger partial charge < -0.3 is 20.5 Å². The Morgan fingerprint density at radius 3 is 2.39 bits per heavy atom. The number of carbonyl (C=O) groups is 1. The lowest BCUT2D eigenvalue weighted by Gasteiger charge is -2.28. The van der Waals surface area contributed by atoms with Crippen LogP contribution in [-0.2, 0) is 12.1 Å². The van der Waals surface area contributed by atoms with Crippen molar-refractivity contribution in [2.24, 2.45) is 0 Å². The van der Waals surface area contributed by atoms with Gasteiger partial charge in [0.05, 0.1) is 19.3 Å². The number of methoxy groups -OCH3 is 1. The van der Waals surface area contributed by atoms with Gasteiger partial charge in [0.1, 0.15) is 5.75 Å². The Balaban J connectivity index is 2.08. The van der Waals surface area contributed by atoms with Crippen molar-refractivity contribution in [1.29, 1.82) is 0 Å². The maximum absolute atomic E-state index is 12.2. The Morgan fingerprint density at radius 2 is 1.78 bits per heavy atom. The van der Waals surface area contributed by atoms with E-state index in [2.05, 4.69) is 10.6 Å². The first kappa shape index (κ1) is 16.8. The first-order valence-electron chi connectivity index (χ1n) is 7.38. The fourth-order valence-electron chi connectivity index (χ4n) is 2.37. The first-order chi connectivity index (χ1) is 11.0. The Labute approximate surface area is 136 Å². The second-order valence-corrected chi connectivity index (χ2v) is 5.76. The molecule has 0 atom stereocenters. The van der Waals surface area contributed by atoms with Crippen molar-refractivity contribution >= 4 is 11.7 Å². The van der Waals surface area contributed by atoms with Gasteiger partial charge in [0, 0.05) is 11.3 Å². The van der Waals surface area contributed by atoms with Crippen molar-refractivity contribution in [3.63, 3.8) is 0 Å². The molecule has 0 radical (unpaired) electrons. The van der Waals surface area contributed by atoms with E-state index in [4.69, 9.17) is 9.84 Å². The Hall–Kier alpha value is -2.53. The van der Waals surface area contributed by atoms with Crippen LogP contribution in [0.15, 0.2) is 48.5 Å². The summed E-state index contributed by atoms with van der Waals surface area (Å²) in [6.45, 7) is 3.81. The summed E-state index contributed by atoms with van der Waals surface area (Å²) in [6, 6.07) is 14.3. The molecule has 2 rings (SSSR count). The van der Waals surface area contributed by atoms with Crippen LogP contribution in [0.2, 0.25) is 0 Å². The number of para-hydroxylation sites is 1. The van der Waals surface area contributed by atoms with E-state index in [9.17, 15) is 4.79 Å². The van der Waals surface area contributed by atoms with Gasteiger partial charge in [0.25, 0.3) is 0 Å². The zero-order valence-corrected chi connectivity index (χ0v) is 13.6. The molecule has 5 nitrogen and oxygen atoms in total. The molecule has 23 heavy (non-hydrogen) atoms. The molecule has 0 aliphatic carbocycles. The minimum absolute atomic E-state index is 0.0205. The molecule has 2 aromatic carbocycles. The van der Waals surface area contributed by atoms with E-state index in [-0.39, 0.29) is 12.6 Å². The number of anilines is 1. The van der Waals surface area contributed by atoms with Crippen LogP contribution in [0, 0.1) is 0 Å². The minimum Gasteiger partial charge on any atom is -0.496 e. The van der Waals surface area contributed by atoms with E-state index in [1.54, 1.807) is 31.4 Å². The number of nitrogens with one attached hydrogen (secondary N) is 2. The smallest absolute Gasteiger partial charge is 0.319 e. The van der Waals surface area contributed by atoms with E-state index in [0.717, 1.165) is 16.9 Å². The number of urea groups is 1. The zero-order chi connectivity index (χ0) is 16.9. The van der Waals surface area contributed by atoms with Gasteiger partial charge in [-0.25, -0.2) is 4.79 Å². The number of aliphatic hydroxyl groups excluding tert-OH is 1. The molecule has 0 spiro atoms. The van der Waals surface area contributed by atoms with Gasteiger partial charge in [-0.1, -0.05) is 30.3 Å². The van der Waals surface area contributed by atoms with Crippen molar-refractivity contribution in [1.82, 2.24) is 5.32 Å². The lowest BCUT2D eigenvalue weighted by atomic mass is 9.93. The molecule has 0 saturated heterocycles. The molecular formula is C18H22N2O3. The number of carbonyl (C=O) groups excluding carboxylic acids is 1. The second kappa shape index (κ2) is 7.15. The van der Waals surface area contributed by atoms with Gasteiger partial charge in [-0.15, -0.1) is 0 Å². The highest BCUT2D eigenvalue weighted by Gasteiger charge is 2.26. The Kier molecular flexibility index (Phi) is 5.24. The zero-order valence-electron chi connectivity index (χ0n) is 13.6. The molecule has 5 heteroatoms. The third-order valence-corrected chi connectivity index (χ3v) is 3.60. The molecule has 0 aromatic heterocycles. The number of benzene rings is 2. The average Bonchev–Trinajstić information content (AvgIpc) is 2.55. The number of rotatable bonds is 5. The quantitative estimate of drug-likeness (QED) is 0.793. The van der Waals surface area contributed by atoms with Gasteiger partial charge >= 0.3 is 6.03 Å². The van der Waals surface area contributed by atoms with Crippen LogP contribution < -0.4 is 15.4 Å². The molecule has 0 saturated carbocycles. The predicted octanol–water partition coefficient (Wildman–Crippen LogP) is 3.24. The fourth-order valence-corrected chi connectivity index (χ4v) is 2.37. The summed E-state index contributed by atoms with van der Waals surface area (Å²) >= 11 is 0. The standard InChI is InChI=1S/C18H22N2O3/c1-18(2,15-6-4-5-7-16(15)23-3)20-17(22)19-14-10-8-13(12-21)9-11-14/h4-11,21H,12H2,1-3H3,(H2,19,20,22). The molecule has 0 bridgehead atoms. The molecule has 0 heterocycles. The minimum atomic E-state index is -0.596. The molecule has 0 aliphatic rings. The van der Waals surface area contributed by atoms with Crippen LogP contribution in [0.1, 0.15) is 25.0 Å². The highest BCUT2D eigenvalue weighted by molar-refractivity contribution is 5.89. The Morgan fingerprint density at radius 1 is 1.13 bits per heavy atom. The molecule has 2 aromatic rings. The van der Waals surface area contributed by atoms with Gasteiger partial charge in [0.15, 0.2) is 0 Å². The highest BCUT2D eigenvalue weighted by Crippen LogP contribution is 2.29. The molecular weight excluding hydrogens is 292 g/mol. The third kappa shape index (κ3) is 4.23. The summed E-state index contributed by atoms with van der Waals surface area (Å²) in [5.74, 6) is 0.727. The maximum Gasteiger partial charge on any atom is 0.319 e. The summed E-state index contributed by atoms with van der Waals surface area (Å²) < 4.78 is 5.36. The largest absolute Gasteiger partial charge is 0.496 e. The number of ether oxygens (including phenoxy) is 1. The number of amides is 2. The Bertz CT molecular complexity index is 666. The van der Waals surface area contributed by atoms with Crippen molar-refractivity contribution in [3.05, 3.63) is 59.7 Å². The van der Waals surface area contributed by atoms with Gasteiger partial charge in [-0.3, -0.25) is 0 Å². The third-order valence-electron chi connectivity index (χ3n) is 3.60. The summed E-state index contributed by atoms with van der Waals surface area (Å²) in [5.41, 5.74) is 1.76. The van der Waals surface area contributed by atoms with Crippen LogP contribution in [0.3, 0.4) is 0 Å². The van der Waals surface area contributed by atoms with Crippen LogP contribution >= 0.6 is 0 Å². The molecule has 122 valence electrons. The molecule has 2 amide bonds.